The van der Waals surface area contributed by atoms with Gasteiger partial charge in [-0.1, -0.05) is 12.1 Å². The summed E-state index contributed by atoms with van der Waals surface area (Å²) in [5, 5.41) is 4.17. The van der Waals surface area contributed by atoms with Crippen LogP contribution in [0.5, 0.6) is 0 Å². The molecular weight excluding hydrogens is 212 g/mol. The zero-order valence-corrected chi connectivity index (χ0v) is 9.28. The van der Waals surface area contributed by atoms with Crippen LogP contribution >= 0.6 is 22.7 Å². The second-order valence-corrected chi connectivity index (χ2v) is 5.03. The maximum absolute atomic E-state index is 5.54. The van der Waals surface area contributed by atoms with E-state index >= 15 is 0 Å². The van der Waals surface area contributed by atoms with Crippen molar-refractivity contribution in [3.8, 4) is 0 Å². The first-order chi connectivity index (χ1) is 6.90. The minimum absolute atomic E-state index is 0.244. The molecule has 0 fully saturated rings. The number of nitrogens with two attached hydrogens (primary N) is 1. The van der Waals surface area contributed by atoms with Crippen LogP contribution in [0, 0.1) is 0 Å². The van der Waals surface area contributed by atoms with Gasteiger partial charge in [0.15, 0.2) is 0 Å². The summed E-state index contributed by atoms with van der Waals surface area (Å²) in [6, 6.07) is 8.63. The first-order valence-electron chi connectivity index (χ1n) is 4.42. The SMILES string of the molecule is NNC(Cc1cccs1)c1cccs1. The molecule has 0 saturated heterocycles. The summed E-state index contributed by atoms with van der Waals surface area (Å²) in [6.45, 7) is 0. The Morgan fingerprint density at radius 2 is 2.00 bits per heavy atom. The first kappa shape index (κ1) is 9.86. The van der Waals surface area contributed by atoms with Crippen molar-refractivity contribution in [1.29, 1.82) is 0 Å². The molecule has 14 heavy (non-hydrogen) atoms. The Hall–Kier alpha value is -0.680. The molecule has 0 spiro atoms. The van der Waals surface area contributed by atoms with Gasteiger partial charge >= 0.3 is 0 Å². The highest BCUT2D eigenvalue weighted by atomic mass is 32.1. The highest BCUT2D eigenvalue weighted by Crippen LogP contribution is 2.23. The zero-order valence-electron chi connectivity index (χ0n) is 7.64. The van der Waals surface area contributed by atoms with Crippen LogP contribution in [0.2, 0.25) is 0 Å². The van der Waals surface area contributed by atoms with Gasteiger partial charge in [-0.25, -0.2) is 0 Å². The van der Waals surface area contributed by atoms with E-state index < -0.39 is 0 Å². The van der Waals surface area contributed by atoms with Gasteiger partial charge in [-0.2, -0.15) is 0 Å². The number of nitrogens with one attached hydrogen (secondary N) is 1. The smallest absolute Gasteiger partial charge is 0.0601 e. The molecule has 0 bridgehead atoms. The summed E-state index contributed by atoms with van der Waals surface area (Å²) < 4.78 is 0. The number of hydrogen-bond acceptors (Lipinski definition) is 4. The lowest BCUT2D eigenvalue weighted by Gasteiger charge is -2.12. The molecule has 2 aromatic rings. The van der Waals surface area contributed by atoms with Crippen molar-refractivity contribution in [2.75, 3.05) is 0 Å². The Balaban J connectivity index is 2.08. The molecule has 0 aliphatic carbocycles. The van der Waals surface area contributed by atoms with E-state index in [0.29, 0.717) is 0 Å². The topological polar surface area (TPSA) is 38.0 Å². The molecule has 2 aromatic heterocycles. The minimum atomic E-state index is 0.244. The summed E-state index contributed by atoms with van der Waals surface area (Å²) in [5.41, 5.74) is 2.86. The molecule has 2 rings (SSSR count). The van der Waals surface area contributed by atoms with Gasteiger partial charge < -0.3 is 0 Å². The summed E-state index contributed by atoms with van der Waals surface area (Å²) in [4.78, 5) is 2.65. The van der Waals surface area contributed by atoms with Gasteiger partial charge in [0.25, 0.3) is 0 Å². The minimum Gasteiger partial charge on any atom is -0.271 e. The van der Waals surface area contributed by atoms with Gasteiger partial charge in [0.2, 0.25) is 0 Å². The fraction of sp³-hybridized carbons (Fsp3) is 0.200. The predicted octanol–water partition coefficient (Wildman–Crippen LogP) is 2.56. The number of hydrazine groups is 1. The molecule has 0 saturated carbocycles. The molecule has 3 N–H and O–H groups in total. The molecule has 74 valence electrons. The number of rotatable bonds is 4. The highest BCUT2D eigenvalue weighted by molar-refractivity contribution is 7.10. The van der Waals surface area contributed by atoms with Crippen LogP contribution in [0.15, 0.2) is 35.0 Å². The number of hydrogen-bond donors (Lipinski definition) is 2. The van der Waals surface area contributed by atoms with Crippen LogP contribution < -0.4 is 11.3 Å². The van der Waals surface area contributed by atoms with Gasteiger partial charge in [-0.3, -0.25) is 11.3 Å². The predicted molar refractivity (Wildman–Crippen MR) is 62.4 cm³/mol. The first-order valence-corrected chi connectivity index (χ1v) is 6.18. The molecule has 0 radical (unpaired) electrons. The normalized spacial score (nSPS) is 12.9. The average molecular weight is 224 g/mol. The summed E-state index contributed by atoms with van der Waals surface area (Å²) >= 11 is 3.51. The molecule has 1 atom stereocenters. The Bertz CT molecular complexity index is 353. The van der Waals surface area contributed by atoms with Crippen LogP contribution in [-0.2, 0) is 6.42 Å². The second kappa shape index (κ2) is 4.70. The quantitative estimate of drug-likeness (QED) is 0.619. The van der Waals surface area contributed by atoms with Crippen molar-refractivity contribution < 1.29 is 0 Å². The third kappa shape index (κ3) is 2.22. The van der Waals surface area contributed by atoms with E-state index in [-0.39, 0.29) is 6.04 Å². The van der Waals surface area contributed by atoms with Crippen molar-refractivity contribution in [2.45, 2.75) is 12.5 Å². The van der Waals surface area contributed by atoms with E-state index in [0.717, 1.165) is 6.42 Å². The lowest BCUT2D eigenvalue weighted by Crippen LogP contribution is -2.28. The molecule has 2 nitrogen and oxygen atoms in total. The van der Waals surface area contributed by atoms with E-state index in [2.05, 4.69) is 40.5 Å². The largest absolute Gasteiger partial charge is 0.271 e. The van der Waals surface area contributed by atoms with E-state index in [4.69, 9.17) is 5.84 Å². The van der Waals surface area contributed by atoms with Crippen molar-refractivity contribution in [3.05, 3.63) is 44.8 Å². The van der Waals surface area contributed by atoms with Gasteiger partial charge in [0.05, 0.1) is 6.04 Å². The van der Waals surface area contributed by atoms with Crippen LogP contribution in [0.3, 0.4) is 0 Å². The van der Waals surface area contributed by atoms with E-state index in [9.17, 15) is 0 Å². The van der Waals surface area contributed by atoms with Crippen molar-refractivity contribution in [3.63, 3.8) is 0 Å². The Morgan fingerprint density at radius 3 is 2.57 bits per heavy atom. The molecule has 2 heterocycles. The summed E-state index contributed by atoms with van der Waals surface area (Å²) in [5.74, 6) is 5.54. The fourth-order valence-electron chi connectivity index (χ4n) is 1.36. The lowest BCUT2D eigenvalue weighted by molar-refractivity contribution is 0.564. The molecule has 4 heteroatoms. The Kier molecular flexibility index (Phi) is 3.31. The van der Waals surface area contributed by atoms with Gasteiger partial charge in [-0.05, 0) is 22.9 Å². The highest BCUT2D eigenvalue weighted by Gasteiger charge is 2.11. The Morgan fingerprint density at radius 1 is 1.21 bits per heavy atom. The summed E-state index contributed by atoms with van der Waals surface area (Å²) in [6.07, 6.45) is 0.967. The third-order valence-electron chi connectivity index (χ3n) is 2.07. The summed E-state index contributed by atoms with van der Waals surface area (Å²) in [7, 11) is 0. The molecular formula is C10H12N2S2. The van der Waals surface area contributed by atoms with Crippen LogP contribution in [0.1, 0.15) is 15.8 Å². The standard InChI is InChI=1S/C10H12N2S2/c11-12-9(10-4-2-6-14-10)7-8-3-1-5-13-8/h1-6,9,12H,7,11H2. The molecule has 0 aliphatic heterocycles. The second-order valence-electron chi connectivity index (χ2n) is 3.02. The van der Waals surface area contributed by atoms with Gasteiger partial charge in [0, 0.05) is 16.2 Å². The van der Waals surface area contributed by atoms with Crippen molar-refractivity contribution >= 4 is 22.7 Å². The van der Waals surface area contributed by atoms with E-state index in [1.165, 1.54) is 9.75 Å². The lowest BCUT2D eigenvalue weighted by atomic mass is 10.1. The van der Waals surface area contributed by atoms with Crippen LogP contribution in [-0.4, -0.2) is 0 Å². The van der Waals surface area contributed by atoms with Crippen molar-refractivity contribution in [2.24, 2.45) is 5.84 Å². The third-order valence-corrected chi connectivity index (χ3v) is 3.96. The maximum Gasteiger partial charge on any atom is 0.0601 e. The molecule has 0 aromatic carbocycles. The molecule has 0 aliphatic rings. The van der Waals surface area contributed by atoms with Crippen LogP contribution in [0.25, 0.3) is 0 Å². The molecule has 0 amide bonds. The Labute approximate surface area is 91.4 Å². The molecule has 1 unspecified atom stereocenters. The fourth-order valence-corrected chi connectivity index (χ4v) is 2.90. The van der Waals surface area contributed by atoms with E-state index in [1.807, 2.05) is 0 Å². The van der Waals surface area contributed by atoms with Gasteiger partial charge in [0.1, 0.15) is 0 Å². The average Bonchev–Trinajstić information content (AvgIpc) is 2.86. The van der Waals surface area contributed by atoms with E-state index in [1.54, 1.807) is 22.7 Å². The maximum atomic E-state index is 5.54. The van der Waals surface area contributed by atoms with Crippen LogP contribution in [0.4, 0.5) is 0 Å². The van der Waals surface area contributed by atoms with Crippen molar-refractivity contribution in [1.82, 2.24) is 5.43 Å². The van der Waals surface area contributed by atoms with Gasteiger partial charge in [-0.15, -0.1) is 22.7 Å². The number of thiophene rings is 2. The zero-order chi connectivity index (χ0) is 9.80. The monoisotopic (exact) mass is 224 g/mol.